The SMILES string of the molecule is CC1CC(Nc2ccc(C3CC(=O)NC(=O)N3)cc2)CC(c2ccccc2)C1. The maximum atomic E-state index is 11.6. The van der Waals surface area contributed by atoms with E-state index in [1.54, 1.807) is 0 Å². The minimum absolute atomic E-state index is 0.237. The minimum atomic E-state index is -0.424. The van der Waals surface area contributed by atoms with Crippen molar-refractivity contribution in [2.24, 2.45) is 5.92 Å². The van der Waals surface area contributed by atoms with E-state index in [1.807, 2.05) is 24.3 Å². The molecule has 1 saturated heterocycles. The molecule has 0 aromatic heterocycles. The third-order valence-electron chi connectivity index (χ3n) is 5.85. The molecule has 0 bridgehead atoms. The lowest BCUT2D eigenvalue weighted by molar-refractivity contribution is -0.121. The number of rotatable bonds is 4. The zero-order chi connectivity index (χ0) is 19.5. The van der Waals surface area contributed by atoms with Crippen LogP contribution in [0.1, 0.15) is 55.7 Å². The summed E-state index contributed by atoms with van der Waals surface area (Å²) >= 11 is 0. The molecule has 5 heteroatoms. The van der Waals surface area contributed by atoms with Gasteiger partial charge in [-0.05, 0) is 54.4 Å². The Labute approximate surface area is 165 Å². The van der Waals surface area contributed by atoms with Gasteiger partial charge >= 0.3 is 6.03 Å². The Bertz CT molecular complexity index is 819. The van der Waals surface area contributed by atoms with E-state index in [4.69, 9.17) is 0 Å². The van der Waals surface area contributed by atoms with Crippen molar-refractivity contribution >= 4 is 17.6 Å². The van der Waals surface area contributed by atoms with Crippen molar-refractivity contribution in [2.45, 2.75) is 50.6 Å². The van der Waals surface area contributed by atoms with Gasteiger partial charge < -0.3 is 10.6 Å². The van der Waals surface area contributed by atoms with Crippen molar-refractivity contribution < 1.29 is 9.59 Å². The van der Waals surface area contributed by atoms with Crippen LogP contribution in [-0.4, -0.2) is 18.0 Å². The molecule has 2 fully saturated rings. The molecular formula is C23H27N3O2. The largest absolute Gasteiger partial charge is 0.382 e. The summed E-state index contributed by atoms with van der Waals surface area (Å²) in [5, 5.41) is 8.76. The van der Waals surface area contributed by atoms with Crippen molar-refractivity contribution in [3.05, 3.63) is 65.7 Å². The smallest absolute Gasteiger partial charge is 0.321 e. The first-order chi connectivity index (χ1) is 13.6. The molecule has 2 aliphatic rings. The highest BCUT2D eigenvalue weighted by molar-refractivity contribution is 5.97. The summed E-state index contributed by atoms with van der Waals surface area (Å²) in [5.41, 5.74) is 3.47. The molecule has 0 radical (unpaired) electrons. The van der Waals surface area contributed by atoms with Gasteiger partial charge in [-0.25, -0.2) is 4.79 Å². The van der Waals surface area contributed by atoms with Gasteiger partial charge in [-0.15, -0.1) is 0 Å². The van der Waals surface area contributed by atoms with Gasteiger partial charge in [0.1, 0.15) is 0 Å². The van der Waals surface area contributed by atoms with Gasteiger partial charge in [-0.2, -0.15) is 0 Å². The Balaban J connectivity index is 1.41. The predicted molar refractivity (Wildman–Crippen MR) is 110 cm³/mol. The Hall–Kier alpha value is -2.82. The number of anilines is 1. The third kappa shape index (κ3) is 4.35. The lowest BCUT2D eigenvalue weighted by Gasteiger charge is -2.34. The second-order valence-corrected chi connectivity index (χ2v) is 8.16. The van der Waals surface area contributed by atoms with Crippen LogP contribution in [0.5, 0.6) is 0 Å². The van der Waals surface area contributed by atoms with Gasteiger partial charge in [-0.3, -0.25) is 10.1 Å². The lowest BCUT2D eigenvalue weighted by atomic mass is 9.76. The first kappa shape index (κ1) is 18.5. The third-order valence-corrected chi connectivity index (χ3v) is 5.85. The number of hydrogen-bond donors (Lipinski definition) is 3. The number of urea groups is 1. The maximum Gasteiger partial charge on any atom is 0.321 e. The predicted octanol–water partition coefficient (Wildman–Crippen LogP) is 4.34. The second kappa shape index (κ2) is 8.05. The van der Waals surface area contributed by atoms with E-state index in [0.717, 1.165) is 17.7 Å². The fourth-order valence-electron chi connectivity index (χ4n) is 4.58. The maximum absolute atomic E-state index is 11.6. The monoisotopic (exact) mass is 377 g/mol. The van der Waals surface area contributed by atoms with E-state index in [1.165, 1.54) is 18.4 Å². The molecule has 4 rings (SSSR count). The van der Waals surface area contributed by atoms with E-state index in [9.17, 15) is 9.59 Å². The van der Waals surface area contributed by atoms with Crippen molar-refractivity contribution in [2.75, 3.05) is 5.32 Å². The van der Waals surface area contributed by atoms with Crippen LogP contribution in [0.15, 0.2) is 54.6 Å². The van der Waals surface area contributed by atoms with Crippen LogP contribution >= 0.6 is 0 Å². The minimum Gasteiger partial charge on any atom is -0.382 e. The highest BCUT2D eigenvalue weighted by Gasteiger charge is 2.28. The van der Waals surface area contributed by atoms with Crippen LogP contribution in [-0.2, 0) is 4.79 Å². The molecule has 1 saturated carbocycles. The van der Waals surface area contributed by atoms with Crippen molar-refractivity contribution in [3.63, 3.8) is 0 Å². The first-order valence-corrected chi connectivity index (χ1v) is 10.1. The van der Waals surface area contributed by atoms with Crippen molar-refractivity contribution in [1.29, 1.82) is 0 Å². The Morgan fingerprint density at radius 2 is 1.64 bits per heavy atom. The summed E-state index contributed by atoms with van der Waals surface area (Å²) in [5.74, 6) is 1.04. The standard InChI is InChI=1S/C23H27N3O2/c1-15-11-18(16-5-3-2-4-6-16)13-20(12-15)24-19-9-7-17(8-10-19)21-14-22(27)26-23(28)25-21/h2-10,15,18,20-21,24H,11-14H2,1H3,(H2,25,26,27,28). The summed E-state index contributed by atoms with van der Waals surface area (Å²) in [6.07, 6.45) is 3.82. The van der Waals surface area contributed by atoms with E-state index in [-0.39, 0.29) is 18.4 Å². The number of amides is 3. The van der Waals surface area contributed by atoms with Gasteiger partial charge in [0.15, 0.2) is 0 Å². The Morgan fingerprint density at radius 1 is 0.893 bits per heavy atom. The average molecular weight is 377 g/mol. The van der Waals surface area contributed by atoms with E-state index in [0.29, 0.717) is 17.9 Å². The van der Waals surface area contributed by atoms with Gasteiger partial charge in [0, 0.05) is 11.7 Å². The number of imide groups is 1. The molecule has 28 heavy (non-hydrogen) atoms. The summed E-state index contributed by atoms with van der Waals surface area (Å²) in [4.78, 5) is 23.1. The molecule has 1 aliphatic heterocycles. The topological polar surface area (TPSA) is 70.2 Å². The Kier molecular flexibility index (Phi) is 5.33. The van der Waals surface area contributed by atoms with Crippen molar-refractivity contribution in [3.8, 4) is 0 Å². The summed E-state index contributed by atoms with van der Waals surface area (Å²) in [6, 6.07) is 18.6. The van der Waals surface area contributed by atoms with Crippen LogP contribution in [0.25, 0.3) is 0 Å². The van der Waals surface area contributed by atoms with E-state index in [2.05, 4.69) is 53.2 Å². The van der Waals surface area contributed by atoms with Crippen LogP contribution in [0.2, 0.25) is 0 Å². The molecule has 1 aliphatic carbocycles. The molecule has 4 atom stereocenters. The molecular weight excluding hydrogens is 350 g/mol. The molecule has 4 unspecified atom stereocenters. The van der Waals surface area contributed by atoms with Gasteiger partial charge in [0.25, 0.3) is 0 Å². The van der Waals surface area contributed by atoms with Gasteiger partial charge in [0.05, 0.1) is 12.5 Å². The molecule has 2 aromatic rings. The normalized spacial score (nSPS) is 27.6. The fraction of sp³-hybridized carbons (Fsp3) is 0.391. The Morgan fingerprint density at radius 3 is 2.36 bits per heavy atom. The van der Waals surface area contributed by atoms with E-state index < -0.39 is 6.03 Å². The highest BCUT2D eigenvalue weighted by atomic mass is 16.2. The summed E-state index contributed by atoms with van der Waals surface area (Å²) < 4.78 is 0. The highest BCUT2D eigenvalue weighted by Crippen LogP contribution is 2.37. The number of nitrogens with one attached hydrogen (secondary N) is 3. The molecule has 1 heterocycles. The van der Waals surface area contributed by atoms with Crippen LogP contribution in [0.4, 0.5) is 10.5 Å². The van der Waals surface area contributed by atoms with Crippen LogP contribution in [0.3, 0.4) is 0 Å². The number of carbonyl (C=O) groups is 2. The van der Waals surface area contributed by atoms with Crippen LogP contribution < -0.4 is 16.0 Å². The molecule has 3 N–H and O–H groups in total. The molecule has 3 amide bonds. The summed E-state index contributed by atoms with van der Waals surface area (Å²) in [7, 11) is 0. The van der Waals surface area contributed by atoms with Gasteiger partial charge in [-0.1, -0.05) is 49.4 Å². The fourth-order valence-corrected chi connectivity index (χ4v) is 4.58. The molecule has 5 nitrogen and oxygen atoms in total. The quantitative estimate of drug-likeness (QED) is 0.742. The molecule has 0 spiro atoms. The summed E-state index contributed by atoms with van der Waals surface area (Å²) in [6.45, 7) is 2.34. The second-order valence-electron chi connectivity index (χ2n) is 8.16. The number of hydrogen-bond acceptors (Lipinski definition) is 3. The molecule has 146 valence electrons. The van der Waals surface area contributed by atoms with E-state index >= 15 is 0 Å². The molecule has 2 aromatic carbocycles. The number of carbonyl (C=O) groups excluding carboxylic acids is 2. The van der Waals surface area contributed by atoms with Gasteiger partial charge in [0.2, 0.25) is 5.91 Å². The van der Waals surface area contributed by atoms with Crippen molar-refractivity contribution in [1.82, 2.24) is 10.6 Å². The average Bonchev–Trinajstić information content (AvgIpc) is 2.68. The first-order valence-electron chi connectivity index (χ1n) is 10.1. The lowest BCUT2D eigenvalue weighted by Crippen LogP contribution is -2.48. The van der Waals surface area contributed by atoms with Crippen LogP contribution in [0, 0.1) is 5.92 Å². The zero-order valence-electron chi connectivity index (χ0n) is 16.2. The zero-order valence-corrected chi connectivity index (χ0v) is 16.2. The number of benzene rings is 2.